The fourth-order valence-electron chi connectivity index (χ4n) is 1.39. The molecule has 1 aromatic carbocycles. The van der Waals surface area contributed by atoms with Gasteiger partial charge in [-0.25, -0.2) is 0 Å². The Morgan fingerprint density at radius 2 is 2.06 bits per heavy atom. The third-order valence-electron chi connectivity index (χ3n) is 2.90. The molecule has 0 heterocycles. The average Bonchev–Trinajstić information content (AvgIpc) is 2.36. The van der Waals surface area contributed by atoms with Crippen molar-refractivity contribution in [3.63, 3.8) is 0 Å². The fraction of sp³-hybridized carbons (Fsp3) is 0.462. The summed E-state index contributed by atoms with van der Waals surface area (Å²) >= 11 is 0. The van der Waals surface area contributed by atoms with Crippen molar-refractivity contribution in [1.82, 2.24) is 5.32 Å². The second-order valence-corrected chi connectivity index (χ2v) is 4.03. The molecule has 1 aromatic rings. The molecule has 0 fully saturated rings. The minimum atomic E-state index is -0.662. The van der Waals surface area contributed by atoms with Gasteiger partial charge in [0.2, 0.25) is 0 Å². The molecule has 0 aliphatic rings. The average molecular weight is 218 g/mol. The Labute approximate surface area is 97.0 Å². The van der Waals surface area contributed by atoms with Crippen LogP contribution < -0.4 is 5.32 Å². The van der Waals surface area contributed by atoms with Gasteiger partial charge in [-0.1, -0.05) is 30.3 Å². The van der Waals surface area contributed by atoms with Crippen LogP contribution in [0.2, 0.25) is 0 Å². The molecule has 2 unspecified atom stereocenters. The van der Waals surface area contributed by atoms with E-state index in [0.717, 1.165) is 5.56 Å². The summed E-state index contributed by atoms with van der Waals surface area (Å²) in [5, 5.41) is 12.4. The zero-order chi connectivity index (χ0) is 12.0. The highest BCUT2D eigenvalue weighted by molar-refractivity contribution is 5.16. The normalized spacial score (nSPS) is 16.1. The maximum absolute atomic E-state index is 9.17. The van der Waals surface area contributed by atoms with E-state index in [1.54, 1.807) is 7.11 Å². The number of nitriles is 1. The summed E-state index contributed by atoms with van der Waals surface area (Å²) in [7, 11) is 1.62. The highest BCUT2D eigenvalue weighted by Gasteiger charge is 2.30. The minimum Gasteiger partial charge on any atom is -0.379 e. The van der Waals surface area contributed by atoms with E-state index in [-0.39, 0.29) is 6.10 Å². The van der Waals surface area contributed by atoms with Crippen LogP contribution in [-0.2, 0) is 11.3 Å². The molecule has 0 radical (unpaired) electrons. The molecule has 1 N–H and O–H groups in total. The van der Waals surface area contributed by atoms with Crippen molar-refractivity contribution in [3.05, 3.63) is 35.9 Å². The van der Waals surface area contributed by atoms with Gasteiger partial charge in [0.25, 0.3) is 0 Å². The zero-order valence-corrected chi connectivity index (χ0v) is 10.0. The fourth-order valence-corrected chi connectivity index (χ4v) is 1.39. The van der Waals surface area contributed by atoms with Gasteiger partial charge in [-0.05, 0) is 19.4 Å². The standard InChI is InChI=1S/C13H18N2O/c1-11(16-3)13(2,10-14)15-9-12-7-5-4-6-8-12/h4-8,11,15H,9H2,1-3H3. The van der Waals surface area contributed by atoms with Crippen LogP contribution in [0.15, 0.2) is 30.3 Å². The molecule has 0 saturated carbocycles. The molecule has 0 bridgehead atoms. The number of nitrogens with one attached hydrogen (secondary N) is 1. The van der Waals surface area contributed by atoms with Crippen LogP contribution in [0.4, 0.5) is 0 Å². The first kappa shape index (κ1) is 12.7. The van der Waals surface area contributed by atoms with E-state index in [1.807, 2.05) is 44.2 Å². The second-order valence-electron chi connectivity index (χ2n) is 4.03. The molecule has 86 valence electrons. The van der Waals surface area contributed by atoms with Crippen LogP contribution in [-0.4, -0.2) is 18.8 Å². The van der Waals surface area contributed by atoms with E-state index in [1.165, 1.54) is 0 Å². The van der Waals surface area contributed by atoms with Gasteiger partial charge in [0, 0.05) is 13.7 Å². The van der Waals surface area contributed by atoms with Gasteiger partial charge in [-0.2, -0.15) is 5.26 Å². The summed E-state index contributed by atoms with van der Waals surface area (Å²) in [6, 6.07) is 12.3. The highest BCUT2D eigenvalue weighted by atomic mass is 16.5. The van der Waals surface area contributed by atoms with Crippen LogP contribution in [0.3, 0.4) is 0 Å². The largest absolute Gasteiger partial charge is 0.379 e. The first-order valence-electron chi connectivity index (χ1n) is 5.35. The van der Waals surface area contributed by atoms with Gasteiger partial charge in [-0.3, -0.25) is 5.32 Å². The van der Waals surface area contributed by atoms with E-state index < -0.39 is 5.54 Å². The lowest BCUT2D eigenvalue weighted by Gasteiger charge is -2.28. The molecule has 0 aliphatic heterocycles. The Kier molecular flexibility index (Phi) is 4.48. The number of methoxy groups -OCH3 is 1. The maximum atomic E-state index is 9.17. The molecule has 0 aliphatic carbocycles. The molecule has 0 saturated heterocycles. The highest BCUT2D eigenvalue weighted by Crippen LogP contribution is 2.12. The molecule has 0 spiro atoms. The minimum absolute atomic E-state index is 0.152. The first-order chi connectivity index (χ1) is 7.62. The van der Waals surface area contributed by atoms with Crippen molar-refractivity contribution in [2.45, 2.75) is 32.0 Å². The zero-order valence-electron chi connectivity index (χ0n) is 10.0. The number of nitrogens with zero attached hydrogens (tertiary/aromatic N) is 1. The van der Waals surface area contributed by atoms with Crippen molar-refractivity contribution < 1.29 is 4.74 Å². The Bertz CT molecular complexity index is 358. The van der Waals surface area contributed by atoms with Gasteiger partial charge >= 0.3 is 0 Å². The van der Waals surface area contributed by atoms with E-state index in [0.29, 0.717) is 6.54 Å². The van der Waals surface area contributed by atoms with E-state index in [9.17, 15) is 5.26 Å². The van der Waals surface area contributed by atoms with Crippen LogP contribution in [0.5, 0.6) is 0 Å². The van der Waals surface area contributed by atoms with Crippen LogP contribution in [0.25, 0.3) is 0 Å². The molecular weight excluding hydrogens is 200 g/mol. The topological polar surface area (TPSA) is 45.0 Å². The lowest BCUT2D eigenvalue weighted by Crippen LogP contribution is -2.50. The SMILES string of the molecule is COC(C)C(C)(C#N)NCc1ccccc1. The molecule has 1 rings (SSSR count). The predicted octanol–water partition coefficient (Wildman–Crippen LogP) is 2.09. The molecule has 0 aromatic heterocycles. The smallest absolute Gasteiger partial charge is 0.130 e. The summed E-state index contributed by atoms with van der Waals surface area (Å²) in [4.78, 5) is 0. The molecule has 0 amide bonds. The molecule has 2 atom stereocenters. The van der Waals surface area contributed by atoms with Crippen LogP contribution in [0, 0.1) is 11.3 Å². The quantitative estimate of drug-likeness (QED) is 0.823. The summed E-state index contributed by atoms with van der Waals surface area (Å²) in [5.74, 6) is 0. The Morgan fingerprint density at radius 1 is 1.44 bits per heavy atom. The maximum Gasteiger partial charge on any atom is 0.130 e. The Morgan fingerprint density at radius 3 is 2.56 bits per heavy atom. The van der Waals surface area contributed by atoms with Gasteiger partial charge in [0.05, 0.1) is 12.2 Å². The van der Waals surface area contributed by atoms with E-state index in [2.05, 4.69) is 11.4 Å². The lowest BCUT2D eigenvalue weighted by atomic mass is 9.97. The van der Waals surface area contributed by atoms with Crippen LogP contribution in [0.1, 0.15) is 19.4 Å². The molecule has 3 nitrogen and oxygen atoms in total. The summed E-state index contributed by atoms with van der Waals surface area (Å²) < 4.78 is 5.21. The Hall–Kier alpha value is -1.37. The van der Waals surface area contributed by atoms with Crippen molar-refractivity contribution in [1.29, 1.82) is 5.26 Å². The van der Waals surface area contributed by atoms with Gasteiger partial charge in [0.15, 0.2) is 0 Å². The van der Waals surface area contributed by atoms with Gasteiger partial charge in [0.1, 0.15) is 5.54 Å². The van der Waals surface area contributed by atoms with Crippen LogP contribution >= 0.6 is 0 Å². The lowest BCUT2D eigenvalue weighted by molar-refractivity contribution is 0.0618. The van der Waals surface area contributed by atoms with Crippen molar-refractivity contribution >= 4 is 0 Å². The predicted molar refractivity (Wildman–Crippen MR) is 63.8 cm³/mol. The number of hydrogen-bond donors (Lipinski definition) is 1. The number of hydrogen-bond acceptors (Lipinski definition) is 3. The molecule has 3 heteroatoms. The first-order valence-corrected chi connectivity index (χ1v) is 5.35. The van der Waals surface area contributed by atoms with E-state index >= 15 is 0 Å². The Balaban J connectivity index is 2.63. The van der Waals surface area contributed by atoms with Gasteiger partial charge in [-0.15, -0.1) is 0 Å². The third-order valence-corrected chi connectivity index (χ3v) is 2.90. The third kappa shape index (κ3) is 3.06. The number of ether oxygens (including phenoxy) is 1. The molecular formula is C13H18N2O. The summed E-state index contributed by atoms with van der Waals surface area (Å²) in [6.07, 6.45) is -0.152. The van der Waals surface area contributed by atoms with E-state index in [4.69, 9.17) is 4.74 Å². The van der Waals surface area contributed by atoms with Crippen molar-refractivity contribution in [2.75, 3.05) is 7.11 Å². The number of benzene rings is 1. The number of rotatable bonds is 5. The summed E-state index contributed by atoms with van der Waals surface area (Å²) in [5.41, 5.74) is 0.497. The summed E-state index contributed by atoms with van der Waals surface area (Å²) in [6.45, 7) is 4.41. The van der Waals surface area contributed by atoms with Crippen molar-refractivity contribution in [2.24, 2.45) is 0 Å². The van der Waals surface area contributed by atoms with Gasteiger partial charge < -0.3 is 4.74 Å². The molecule has 16 heavy (non-hydrogen) atoms. The second kappa shape index (κ2) is 5.64. The van der Waals surface area contributed by atoms with Crippen molar-refractivity contribution in [3.8, 4) is 6.07 Å². The monoisotopic (exact) mass is 218 g/mol.